The van der Waals surface area contributed by atoms with Crippen LogP contribution in [0.5, 0.6) is 0 Å². The molecule has 0 spiro atoms. The molecule has 5 heteroatoms. The highest BCUT2D eigenvalue weighted by atomic mass is 79.9. The van der Waals surface area contributed by atoms with Gasteiger partial charge >= 0.3 is 0 Å². The predicted molar refractivity (Wildman–Crippen MR) is 78.2 cm³/mol. The Hall–Kier alpha value is -1.88. The van der Waals surface area contributed by atoms with Crippen LogP contribution >= 0.6 is 15.9 Å². The fourth-order valence-corrected chi connectivity index (χ4v) is 2.02. The van der Waals surface area contributed by atoms with Gasteiger partial charge in [0.05, 0.1) is 5.69 Å². The lowest BCUT2D eigenvalue weighted by atomic mass is 10.1. The van der Waals surface area contributed by atoms with Crippen molar-refractivity contribution in [2.75, 3.05) is 11.1 Å². The van der Waals surface area contributed by atoms with Crippen molar-refractivity contribution in [1.29, 1.82) is 0 Å². The van der Waals surface area contributed by atoms with E-state index >= 15 is 0 Å². The number of hydrogen-bond acceptors (Lipinski definition) is 3. The van der Waals surface area contributed by atoms with Crippen molar-refractivity contribution in [2.24, 2.45) is 0 Å². The molecule has 0 bridgehead atoms. The molecule has 98 valence electrons. The van der Waals surface area contributed by atoms with Gasteiger partial charge < -0.3 is 11.1 Å². The lowest BCUT2D eigenvalue weighted by molar-refractivity contribution is 0.101. The zero-order valence-corrected chi connectivity index (χ0v) is 11.8. The second-order valence-corrected chi connectivity index (χ2v) is 5.02. The summed E-state index contributed by atoms with van der Waals surface area (Å²) in [5, 5.41) is 2.92. The Labute approximate surface area is 118 Å². The summed E-state index contributed by atoms with van der Waals surface area (Å²) in [5.41, 5.74) is 7.48. The van der Waals surface area contributed by atoms with E-state index in [-0.39, 0.29) is 11.6 Å². The molecule has 0 aliphatic heterocycles. The van der Waals surface area contributed by atoms with E-state index in [9.17, 15) is 9.18 Å². The minimum atomic E-state index is -0.379. The van der Waals surface area contributed by atoms with E-state index in [1.54, 1.807) is 30.3 Å². The molecule has 0 aromatic heterocycles. The number of Topliss-reactive ketones (excluding diaryl/α,β-unsaturated/α-hetero) is 1. The van der Waals surface area contributed by atoms with Gasteiger partial charge in [0, 0.05) is 21.4 Å². The molecule has 2 rings (SSSR count). The fraction of sp³-hybridized carbons (Fsp3) is 0.0714. The number of nitrogen functional groups attached to an aromatic ring is 1. The SMILES string of the molecule is CC(=O)c1cc(Nc2ccc(Br)cc2F)ccc1N. The minimum absolute atomic E-state index is 0.127. The lowest BCUT2D eigenvalue weighted by Gasteiger charge is -2.10. The number of rotatable bonds is 3. The molecule has 0 radical (unpaired) electrons. The summed E-state index contributed by atoms with van der Waals surface area (Å²) in [6.07, 6.45) is 0. The first-order chi connectivity index (χ1) is 8.97. The molecular weight excluding hydrogens is 311 g/mol. The first-order valence-corrected chi connectivity index (χ1v) is 6.39. The number of benzene rings is 2. The van der Waals surface area contributed by atoms with E-state index in [0.717, 1.165) is 0 Å². The summed E-state index contributed by atoms with van der Waals surface area (Å²) < 4.78 is 14.4. The van der Waals surface area contributed by atoms with E-state index in [1.807, 2.05) is 0 Å². The molecule has 0 amide bonds. The van der Waals surface area contributed by atoms with E-state index in [4.69, 9.17) is 5.73 Å². The molecule has 0 atom stereocenters. The van der Waals surface area contributed by atoms with Crippen LogP contribution in [0.15, 0.2) is 40.9 Å². The maximum absolute atomic E-state index is 13.7. The Balaban J connectivity index is 2.33. The number of anilines is 3. The van der Waals surface area contributed by atoms with Crippen LogP contribution in [0.1, 0.15) is 17.3 Å². The molecule has 0 aliphatic rings. The molecule has 3 nitrogen and oxygen atoms in total. The molecule has 0 saturated heterocycles. The Kier molecular flexibility index (Phi) is 3.85. The van der Waals surface area contributed by atoms with Crippen LogP contribution in [0, 0.1) is 5.82 Å². The van der Waals surface area contributed by atoms with Gasteiger partial charge in [0.15, 0.2) is 5.78 Å². The van der Waals surface area contributed by atoms with Crippen molar-refractivity contribution >= 4 is 38.8 Å². The van der Waals surface area contributed by atoms with E-state index in [2.05, 4.69) is 21.2 Å². The van der Waals surface area contributed by atoms with Crippen molar-refractivity contribution in [2.45, 2.75) is 6.92 Å². The molecule has 0 aliphatic carbocycles. The summed E-state index contributed by atoms with van der Waals surface area (Å²) >= 11 is 3.19. The average molecular weight is 323 g/mol. The van der Waals surface area contributed by atoms with E-state index < -0.39 is 0 Å². The molecule has 0 fully saturated rings. The maximum Gasteiger partial charge on any atom is 0.161 e. The predicted octanol–water partition coefficient (Wildman–Crippen LogP) is 4.12. The highest BCUT2D eigenvalue weighted by Crippen LogP contribution is 2.25. The Morgan fingerprint density at radius 2 is 2.00 bits per heavy atom. The van der Waals surface area contributed by atoms with Gasteiger partial charge in [-0.15, -0.1) is 0 Å². The largest absolute Gasteiger partial charge is 0.398 e. The minimum Gasteiger partial charge on any atom is -0.398 e. The Bertz CT molecular complexity index is 643. The topological polar surface area (TPSA) is 55.1 Å². The van der Waals surface area contributed by atoms with Crippen LogP contribution in [0.4, 0.5) is 21.5 Å². The van der Waals surface area contributed by atoms with Gasteiger partial charge in [-0.1, -0.05) is 15.9 Å². The number of halogens is 2. The Morgan fingerprint density at radius 3 is 2.63 bits per heavy atom. The summed E-state index contributed by atoms with van der Waals surface area (Å²) in [6.45, 7) is 1.44. The molecule has 3 N–H and O–H groups in total. The van der Waals surface area contributed by atoms with E-state index in [0.29, 0.717) is 27.1 Å². The summed E-state index contributed by atoms with van der Waals surface area (Å²) in [7, 11) is 0. The van der Waals surface area contributed by atoms with Crippen molar-refractivity contribution in [1.82, 2.24) is 0 Å². The molecule has 0 unspecified atom stereocenters. The van der Waals surface area contributed by atoms with Crippen LogP contribution in [0.2, 0.25) is 0 Å². The molecule has 0 heterocycles. The molecular formula is C14H12BrFN2O. The monoisotopic (exact) mass is 322 g/mol. The van der Waals surface area contributed by atoms with Gasteiger partial charge in [-0.2, -0.15) is 0 Å². The van der Waals surface area contributed by atoms with Gasteiger partial charge in [0.2, 0.25) is 0 Å². The van der Waals surface area contributed by atoms with Crippen LogP contribution in [0.3, 0.4) is 0 Å². The Morgan fingerprint density at radius 1 is 1.26 bits per heavy atom. The second-order valence-electron chi connectivity index (χ2n) is 4.11. The van der Waals surface area contributed by atoms with Crippen LogP contribution < -0.4 is 11.1 Å². The number of nitrogens with one attached hydrogen (secondary N) is 1. The van der Waals surface area contributed by atoms with Crippen molar-refractivity contribution in [3.63, 3.8) is 0 Å². The van der Waals surface area contributed by atoms with Gasteiger partial charge in [-0.25, -0.2) is 4.39 Å². The number of carbonyl (C=O) groups excluding carboxylic acids is 1. The molecule has 2 aromatic rings. The van der Waals surface area contributed by atoms with Crippen molar-refractivity contribution in [3.05, 3.63) is 52.3 Å². The average Bonchev–Trinajstić information content (AvgIpc) is 2.34. The smallest absolute Gasteiger partial charge is 0.161 e. The summed E-state index contributed by atoms with van der Waals surface area (Å²) in [6, 6.07) is 9.64. The van der Waals surface area contributed by atoms with Gasteiger partial charge in [-0.3, -0.25) is 4.79 Å². The van der Waals surface area contributed by atoms with Crippen LogP contribution in [-0.4, -0.2) is 5.78 Å². The summed E-state index contributed by atoms with van der Waals surface area (Å²) in [4.78, 5) is 11.4. The van der Waals surface area contributed by atoms with E-state index in [1.165, 1.54) is 13.0 Å². The standard InChI is InChI=1S/C14H12BrFN2O/c1-8(19)11-7-10(3-4-13(11)17)18-14-5-2-9(15)6-12(14)16/h2-7,18H,17H2,1H3. The molecule has 19 heavy (non-hydrogen) atoms. The van der Waals surface area contributed by atoms with Gasteiger partial charge in [0.25, 0.3) is 0 Å². The first kappa shape index (κ1) is 13.5. The fourth-order valence-electron chi connectivity index (χ4n) is 1.69. The third kappa shape index (κ3) is 3.12. The van der Waals surface area contributed by atoms with Crippen molar-refractivity contribution in [3.8, 4) is 0 Å². The first-order valence-electron chi connectivity index (χ1n) is 5.60. The van der Waals surface area contributed by atoms with Gasteiger partial charge in [-0.05, 0) is 43.3 Å². The quantitative estimate of drug-likeness (QED) is 0.660. The zero-order valence-electron chi connectivity index (χ0n) is 10.2. The number of hydrogen-bond donors (Lipinski definition) is 2. The number of ketones is 1. The maximum atomic E-state index is 13.7. The zero-order chi connectivity index (χ0) is 14.0. The molecule has 0 saturated carbocycles. The number of carbonyl (C=O) groups is 1. The van der Waals surface area contributed by atoms with Crippen LogP contribution in [-0.2, 0) is 0 Å². The lowest BCUT2D eigenvalue weighted by Crippen LogP contribution is -2.01. The summed E-state index contributed by atoms with van der Waals surface area (Å²) in [5.74, 6) is -0.506. The highest BCUT2D eigenvalue weighted by molar-refractivity contribution is 9.10. The number of nitrogens with two attached hydrogens (primary N) is 1. The van der Waals surface area contributed by atoms with Gasteiger partial charge in [0.1, 0.15) is 5.82 Å². The third-order valence-electron chi connectivity index (χ3n) is 2.64. The van der Waals surface area contributed by atoms with Crippen molar-refractivity contribution < 1.29 is 9.18 Å². The third-order valence-corrected chi connectivity index (χ3v) is 3.14. The second kappa shape index (κ2) is 5.40. The molecule has 2 aromatic carbocycles. The normalized spacial score (nSPS) is 10.3. The van der Waals surface area contributed by atoms with Crippen LogP contribution in [0.25, 0.3) is 0 Å². The highest BCUT2D eigenvalue weighted by Gasteiger charge is 2.08.